The molecule has 0 radical (unpaired) electrons. The van der Waals surface area contributed by atoms with Crippen LogP contribution < -0.4 is 5.32 Å². The van der Waals surface area contributed by atoms with Gasteiger partial charge in [0.15, 0.2) is 0 Å². The van der Waals surface area contributed by atoms with E-state index in [2.05, 4.69) is 5.32 Å². The number of alkyl halides is 3. The minimum absolute atomic E-state index is 0.0445. The standard InChI is InChI=1S/C15H22F3N3O3/c1-10(22)19-12-4-8-20(9-5-12)13(23)11-2-6-21(7-3-11)14(24)15(16,17)18/h11-12H,2-9H2,1H3,(H,19,22). The van der Waals surface area contributed by atoms with Crippen molar-refractivity contribution in [3.8, 4) is 0 Å². The molecule has 2 fully saturated rings. The molecule has 9 heteroatoms. The van der Waals surface area contributed by atoms with Gasteiger partial charge in [-0.2, -0.15) is 13.2 Å². The Morgan fingerprint density at radius 3 is 1.88 bits per heavy atom. The molecule has 24 heavy (non-hydrogen) atoms. The third-order valence-corrected chi connectivity index (χ3v) is 4.59. The van der Waals surface area contributed by atoms with Crippen molar-refractivity contribution in [2.45, 2.75) is 44.8 Å². The molecule has 1 N–H and O–H groups in total. The van der Waals surface area contributed by atoms with E-state index in [9.17, 15) is 27.6 Å². The second-order valence-electron chi connectivity index (χ2n) is 6.36. The molecule has 0 aliphatic carbocycles. The van der Waals surface area contributed by atoms with Gasteiger partial charge >= 0.3 is 12.1 Å². The maximum Gasteiger partial charge on any atom is 0.471 e. The van der Waals surface area contributed by atoms with Gasteiger partial charge in [0.05, 0.1) is 0 Å². The number of carbonyl (C=O) groups is 3. The maximum absolute atomic E-state index is 12.5. The molecule has 0 saturated carbocycles. The Bertz CT molecular complexity index is 494. The Morgan fingerprint density at radius 1 is 0.917 bits per heavy atom. The molecule has 0 bridgehead atoms. The predicted octanol–water partition coefficient (Wildman–Crippen LogP) is 0.914. The lowest BCUT2D eigenvalue weighted by Gasteiger charge is -2.37. The SMILES string of the molecule is CC(=O)NC1CCN(C(=O)C2CCN(C(=O)C(F)(F)F)CC2)CC1. The predicted molar refractivity (Wildman–Crippen MR) is 78.8 cm³/mol. The van der Waals surface area contributed by atoms with E-state index in [1.165, 1.54) is 6.92 Å². The quantitative estimate of drug-likeness (QED) is 0.806. The van der Waals surface area contributed by atoms with E-state index in [1.807, 2.05) is 0 Å². The van der Waals surface area contributed by atoms with Gasteiger partial charge in [-0.25, -0.2) is 0 Å². The van der Waals surface area contributed by atoms with Crippen molar-refractivity contribution in [3.63, 3.8) is 0 Å². The van der Waals surface area contributed by atoms with Crippen molar-refractivity contribution in [2.24, 2.45) is 5.92 Å². The summed E-state index contributed by atoms with van der Waals surface area (Å²) in [5.41, 5.74) is 0. The van der Waals surface area contributed by atoms with Gasteiger partial charge in [0.25, 0.3) is 0 Å². The zero-order valence-corrected chi connectivity index (χ0v) is 13.6. The molecule has 0 unspecified atom stereocenters. The smallest absolute Gasteiger partial charge is 0.353 e. The summed E-state index contributed by atoms with van der Waals surface area (Å²) in [5, 5.41) is 2.83. The summed E-state index contributed by atoms with van der Waals surface area (Å²) < 4.78 is 37.2. The van der Waals surface area contributed by atoms with Crippen molar-refractivity contribution in [3.05, 3.63) is 0 Å². The fourth-order valence-electron chi connectivity index (χ4n) is 3.30. The van der Waals surface area contributed by atoms with Gasteiger partial charge in [-0.3, -0.25) is 14.4 Å². The minimum Gasteiger partial charge on any atom is -0.353 e. The number of rotatable bonds is 2. The zero-order chi connectivity index (χ0) is 17.9. The molecule has 2 rings (SSSR count). The van der Waals surface area contributed by atoms with Gasteiger partial charge in [-0.1, -0.05) is 0 Å². The van der Waals surface area contributed by atoms with Crippen molar-refractivity contribution in [1.29, 1.82) is 0 Å². The average Bonchev–Trinajstić information content (AvgIpc) is 2.53. The second kappa shape index (κ2) is 7.40. The summed E-state index contributed by atoms with van der Waals surface area (Å²) in [7, 11) is 0. The number of piperidine rings is 2. The Labute approximate surface area is 138 Å². The van der Waals surface area contributed by atoms with Gasteiger partial charge in [0, 0.05) is 45.1 Å². The highest BCUT2D eigenvalue weighted by atomic mass is 19.4. The maximum atomic E-state index is 12.5. The summed E-state index contributed by atoms with van der Waals surface area (Å²) in [6.07, 6.45) is -2.99. The Hall–Kier alpha value is -1.80. The Kier molecular flexibility index (Phi) is 5.71. The third kappa shape index (κ3) is 4.61. The monoisotopic (exact) mass is 349 g/mol. The minimum atomic E-state index is -4.86. The van der Waals surface area contributed by atoms with Crippen LogP contribution in [0.2, 0.25) is 0 Å². The molecule has 0 aromatic carbocycles. The molecule has 2 aliphatic heterocycles. The summed E-state index contributed by atoms with van der Waals surface area (Å²) in [5.74, 6) is -2.32. The van der Waals surface area contributed by atoms with Crippen LogP contribution >= 0.6 is 0 Å². The number of hydrogen-bond donors (Lipinski definition) is 1. The van der Waals surface area contributed by atoms with E-state index in [0.717, 1.165) is 4.90 Å². The van der Waals surface area contributed by atoms with Gasteiger partial charge in [-0.15, -0.1) is 0 Å². The van der Waals surface area contributed by atoms with Gasteiger partial charge in [-0.05, 0) is 25.7 Å². The topological polar surface area (TPSA) is 69.7 Å². The fourth-order valence-corrected chi connectivity index (χ4v) is 3.30. The van der Waals surface area contributed by atoms with Crippen LogP contribution in [0.15, 0.2) is 0 Å². The number of hydrogen-bond acceptors (Lipinski definition) is 3. The van der Waals surface area contributed by atoms with Gasteiger partial charge in [0.2, 0.25) is 11.8 Å². The fraction of sp³-hybridized carbons (Fsp3) is 0.800. The summed E-state index contributed by atoms with van der Waals surface area (Å²) in [6, 6.07) is 0.0674. The first-order valence-electron chi connectivity index (χ1n) is 8.10. The highest BCUT2D eigenvalue weighted by Crippen LogP contribution is 2.25. The lowest BCUT2D eigenvalue weighted by atomic mass is 9.93. The van der Waals surface area contributed by atoms with E-state index < -0.39 is 12.1 Å². The second-order valence-corrected chi connectivity index (χ2v) is 6.36. The normalized spacial score (nSPS) is 20.8. The van der Waals surface area contributed by atoms with Crippen LogP contribution in [0, 0.1) is 5.92 Å². The zero-order valence-electron chi connectivity index (χ0n) is 13.6. The summed E-state index contributed by atoms with van der Waals surface area (Å²) in [4.78, 5) is 37.2. The summed E-state index contributed by atoms with van der Waals surface area (Å²) >= 11 is 0. The van der Waals surface area contributed by atoms with Crippen LogP contribution in [0.1, 0.15) is 32.6 Å². The number of carbonyl (C=O) groups excluding carboxylic acids is 3. The first kappa shape index (κ1) is 18.5. The molecule has 2 saturated heterocycles. The van der Waals surface area contributed by atoms with Crippen molar-refractivity contribution in [2.75, 3.05) is 26.2 Å². The van der Waals surface area contributed by atoms with Gasteiger partial charge in [0.1, 0.15) is 0 Å². The third-order valence-electron chi connectivity index (χ3n) is 4.59. The molecule has 136 valence electrons. The van der Waals surface area contributed by atoms with E-state index in [4.69, 9.17) is 0 Å². The molecule has 2 aliphatic rings. The van der Waals surface area contributed by atoms with E-state index in [-0.39, 0.29) is 49.7 Å². The molecule has 6 nitrogen and oxygen atoms in total. The van der Waals surface area contributed by atoms with E-state index >= 15 is 0 Å². The molecule has 0 aromatic heterocycles. The largest absolute Gasteiger partial charge is 0.471 e. The molecular weight excluding hydrogens is 327 g/mol. The van der Waals surface area contributed by atoms with Crippen LogP contribution in [-0.2, 0) is 14.4 Å². The number of likely N-dealkylation sites (tertiary alicyclic amines) is 2. The molecule has 0 aromatic rings. The number of halogens is 3. The summed E-state index contributed by atoms with van der Waals surface area (Å²) in [6.45, 7) is 2.43. The van der Waals surface area contributed by atoms with Crippen LogP contribution in [-0.4, -0.2) is 65.9 Å². The first-order valence-corrected chi connectivity index (χ1v) is 8.10. The first-order chi connectivity index (χ1) is 11.2. The number of amides is 3. The average molecular weight is 349 g/mol. The van der Waals surface area contributed by atoms with E-state index in [0.29, 0.717) is 25.9 Å². The van der Waals surface area contributed by atoms with Crippen LogP contribution in [0.25, 0.3) is 0 Å². The molecule has 2 heterocycles. The number of nitrogens with one attached hydrogen (secondary N) is 1. The van der Waals surface area contributed by atoms with Crippen LogP contribution in [0.3, 0.4) is 0 Å². The Balaban J connectivity index is 1.79. The Morgan fingerprint density at radius 2 is 1.42 bits per heavy atom. The van der Waals surface area contributed by atoms with E-state index in [1.54, 1.807) is 4.90 Å². The lowest BCUT2D eigenvalue weighted by Crippen LogP contribution is -2.51. The number of nitrogens with zero attached hydrogens (tertiary/aromatic N) is 2. The van der Waals surface area contributed by atoms with Crippen molar-refractivity contribution >= 4 is 17.7 Å². The molecule has 0 spiro atoms. The van der Waals surface area contributed by atoms with Crippen LogP contribution in [0.5, 0.6) is 0 Å². The molecule has 3 amide bonds. The van der Waals surface area contributed by atoms with Crippen molar-refractivity contribution < 1.29 is 27.6 Å². The lowest BCUT2D eigenvalue weighted by molar-refractivity contribution is -0.187. The highest BCUT2D eigenvalue weighted by Gasteiger charge is 2.44. The van der Waals surface area contributed by atoms with Crippen LogP contribution in [0.4, 0.5) is 13.2 Å². The molecular formula is C15H22F3N3O3. The van der Waals surface area contributed by atoms with Gasteiger partial charge < -0.3 is 15.1 Å². The van der Waals surface area contributed by atoms with Crippen molar-refractivity contribution in [1.82, 2.24) is 15.1 Å². The highest BCUT2D eigenvalue weighted by molar-refractivity contribution is 5.83. The molecule has 0 atom stereocenters.